The second-order valence-corrected chi connectivity index (χ2v) is 3.78. The third kappa shape index (κ3) is 5.80. The minimum Gasteiger partial charge on any atom is -0.492 e. The molecule has 0 aromatic heterocycles. The largest absolute Gasteiger partial charge is 0.492 e. The van der Waals surface area contributed by atoms with E-state index in [-0.39, 0.29) is 5.84 Å². The Hall–Kier alpha value is -2.19. The maximum absolute atomic E-state index is 8.53. The van der Waals surface area contributed by atoms with Gasteiger partial charge in [-0.3, -0.25) is 0 Å². The van der Waals surface area contributed by atoms with Crippen LogP contribution in [0.3, 0.4) is 0 Å². The Morgan fingerprint density at radius 2 is 2.11 bits per heavy atom. The molecule has 0 spiro atoms. The summed E-state index contributed by atoms with van der Waals surface area (Å²) in [4.78, 5) is 0. The Morgan fingerprint density at radius 1 is 1.37 bits per heavy atom. The number of amidine groups is 1. The van der Waals surface area contributed by atoms with Crippen molar-refractivity contribution in [2.45, 2.75) is 13.3 Å². The Morgan fingerprint density at radius 3 is 2.74 bits per heavy atom. The smallest absolute Gasteiger partial charge is 0.170 e. The van der Waals surface area contributed by atoms with Crippen molar-refractivity contribution in [2.75, 3.05) is 19.7 Å². The number of nitrogens with zero attached hydrogens (tertiary/aromatic N) is 1. The van der Waals surface area contributed by atoms with Crippen LogP contribution in [0.2, 0.25) is 0 Å². The van der Waals surface area contributed by atoms with Crippen LogP contribution in [0, 0.1) is 11.8 Å². The summed E-state index contributed by atoms with van der Waals surface area (Å²) in [6.07, 6.45) is 0.852. The molecule has 0 aliphatic heterocycles. The van der Waals surface area contributed by atoms with Gasteiger partial charge in [-0.2, -0.15) is 0 Å². The van der Waals surface area contributed by atoms with Crippen LogP contribution < -0.4 is 15.8 Å². The number of rotatable bonds is 7. The molecule has 1 aromatic rings. The molecular weight excluding hydrogens is 242 g/mol. The molecular formula is C14H19N3O2. The predicted molar refractivity (Wildman–Crippen MR) is 75.4 cm³/mol. The van der Waals surface area contributed by atoms with Crippen LogP contribution in [-0.4, -0.2) is 30.7 Å². The van der Waals surface area contributed by atoms with E-state index in [0.29, 0.717) is 12.2 Å². The third-order valence-electron chi connectivity index (χ3n) is 2.41. The van der Waals surface area contributed by atoms with Crippen molar-refractivity contribution in [1.82, 2.24) is 5.32 Å². The molecule has 0 radical (unpaired) electrons. The van der Waals surface area contributed by atoms with E-state index in [1.165, 1.54) is 0 Å². The average molecular weight is 261 g/mol. The van der Waals surface area contributed by atoms with E-state index in [9.17, 15) is 0 Å². The van der Waals surface area contributed by atoms with Crippen molar-refractivity contribution < 1.29 is 9.94 Å². The lowest BCUT2D eigenvalue weighted by Gasteiger charge is -2.07. The summed E-state index contributed by atoms with van der Waals surface area (Å²) in [5.41, 5.74) is 6.12. The Labute approximate surface area is 113 Å². The van der Waals surface area contributed by atoms with Crippen LogP contribution in [-0.2, 0) is 0 Å². The topological polar surface area (TPSA) is 79.9 Å². The minimum absolute atomic E-state index is 0.0882. The van der Waals surface area contributed by atoms with Crippen LogP contribution in [0.15, 0.2) is 29.4 Å². The molecule has 0 aliphatic carbocycles. The number of hydrogen-bond acceptors (Lipinski definition) is 4. The first-order chi connectivity index (χ1) is 9.27. The summed E-state index contributed by atoms with van der Waals surface area (Å²) in [6, 6.07) is 7.06. The fourth-order valence-corrected chi connectivity index (χ4v) is 1.42. The highest BCUT2D eigenvalue weighted by Gasteiger charge is 1.99. The van der Waals surface area contributed by atoms with E-state index in [4.69, 9.17) is 15.7 Å². The SMILES string of the molecule is CC#CCCNCCOc1ccc(/C(N)=N/O)cc1. The maximum Gasteiger partial charge on any atom is 0.170 e. The number of benzene rings is 1. The van der Waals surface area contributed by atoms with Crippen molar-refractivity contribution in [3.63, 3.8) is 0 Å². The minimum atomic E-state index is 0.0882. The van der Waals surface area contributed by atoms with Gasteiger partial charge in [0.15, 0.2) is 5.84 Å². The van der Waals surface area contributed by atoms with E-state index in [0.717, 1.165) is 25.3 Å². The molecule has 0 heterocycles. The molecule has 0 amide bonds. The third-order valence-corrected chi connectivity index (χ3v) is 2.41. The van der Waals surface area contributed by atoms with Gasteiger partial charge < -0.3 is 21.0 Å². The van der Waals surface area contributed by atoms with Crippen LogP contribution in [0.5, 0.6) is 5.75 Å². The molecule has 5 nitrogen and oxygen atoms in total. The van der Waals surface area contributed by atoms with Crippen molar-refractivity contribution in [3.05, 3.63) is 29.8 Å². The second-order valence-electron chi connectivity index (χ2n) is 3.78. The van der Waals surface area contributed by atoms with E-state index in [1.54, 1.807) is 24.3 Å². The molecule has 0 unspecified atom stereocenters. The zero-order chi connectivity index (χ0) is 13.9. The van der Waals surface area contributed by atoms with Gasteiger partial charge in [0.25, 0.3) is 0 Å². The van der Waals surface area contributed by atoms with Crippen LogP contribution >= 0.6 is 0 Å². The van der Waals surface area contributed by atoms with Gasteiger partial charge in [-0.25, -0.2) is 0 Å². The van der Waals surface area contributed by atoms with E-state index in [1.807, 2.05) is 6.92 Å². The van der Waals surface area contributed by atoms with E-state index in [2.05, 4.69) is 22.3 Å². The molecule has 0 bridgehead atoms. The van der Waals surface area contributed by atoms with Gasteiger partial charge in [0.2, 0.25) is 0 Å². The van der Waals surface area contributed by atoms with Gasteiger partial charge >= 0.3 is 0 Å². The van der Waals surface area contributed by atoms with Crippen molar-refractivity contribution in [3.8, 4) is 17.6 Å². The highest BCUT2D eigenvalue weighted by atomic mass is 16.5. The zero-order valence-corrected chi connectivity index (χ0v) is 11.0. The first kappa shape index (κ1) is 14.9. The quantitative estimate of drug-likeness (QED) is 0.172. The standard InChI is InChI=1S/C14H19N3O2/c1-2-3-4-9-16-10-11-19-13-7-5-12(6-8-13)14(15)17-18/h5-8,16,18H,4,9-11H2,1H3,(H2,15,17). The lowest BCUT2D eigenvalue weighted by molar-refractivity contribution is 0.314. The van der Waals surface area contributed by atoms with Gasteiger partial charge in [-0.05, 0) is 31.2 Å². The molecule has 0 aliphatic rings. The molecule has 0 saturated heterocycles. The Bertz CT molecular complexity index is 458. The first-order valence-electron chi connectivity index (χ1n) is 6.09. The second kappa shape index (κ2) is 8.84. The number of ether oxygens (including phenoxy) is 1. The maximum atomic E-state index is 8.53. The molecule has 0 saturated carbocycles. The van der Waals surface area contributed by atoms with Crippen molar-refractivity contribution >= 4 is 5.84 Å². The van der Waals surface area contributed by atoms with Gasteiger partial charge in [0.1, 0.15) is 12.4 Å². The lowest BCUT2D eigenvalue weighted by Crippen LogP contribution is -2.21. The summed E-state index contributed by atoms with van der Waals surface area (Å²) in [7, 11) is 0. The number of nitrogens with one attached hydrogen (secondary N) is 1. The van der Waals surface area contributed by atoms with Crippen molar-refractivity contribution in [1.29, 1.82) is 0 Å². The van der Waals surface area contributed by atoms with Crippen LogP contribution in [0.1, 0.15) is 18.9 Å². The molecule has 1 aromatic carbocycles. The van der Waals surface area contributed by atoms with Gasteiger partial charge in [0, 0.05) is 25.1 Å². The first-order valence-corrected chi connectivity index (χ1v) is 6.09. The van der Waals surface area contributed by atoms with Gasteiger partial charge in [0.05, 0.1) is 0 Å². The fourth-order valence-electron chi connectivity index (χ4n) is 1.42. The summed E-state index contributed by atoms with van der Waals surface area (Å²) in [5, 5.41) is 14.7. The molecule has 0 atom stereocenters. The summed E-state index contributed by atoms with van der Waals surface area (Å²) in [5.74, 6) is 6.67. The molecule has 102 valence electrons. The van der Waals surface area contributed by atoms with E-state index >= 15 is 0 Å². The predicted octanol–water partition coefficient (Wildman–Crippen LogP) is 1.16. The Kier molecular flexibility index (Phi) is 6.92. The van der Waals surface area contributed by atoms with E-state index < -0.39 is 0 Å². The van der Waals surface area contributed by atoms with Crippen molar-refractivity contribution in [2.24, 2.45) is 10.9 Å². The fraction of sp³-hybridized carbons (Fsp3) is 0.357. The number of oxime groups is 1. The van der Waals surface area contributed by atoms with Gasteiger partial charge in [-0.15, -0.1) is 11.8 Å². The van der Waals surface area contributed by atoms with Crippen LogP contribution in [0.4, 0.5) is 0 Å². The molecule has 5 heteroatoms. The molecule has 19 heavy (non-hydrogen) atoms. The monoisotopic (exact) mass is 261 g/mol. The highest BCUT2D eigenvalue weighted by molar-refractivity contribution is 5.97. The zero-order valence-electron chi connectivity index (χ0n) is 11.0. The number of hydrogen-bond donors (Lipinski definition) is 3. The summed E-state index contributed by atoms with van der Waals surface area (Å²) < 4.78 is 5.54. The molecule has 4 N–H and O–H groups in total. The number of nitrogens with two attached hydrogens (primary N) is 1. The Balaban J connectivity index is 2.24. The summed E-state index contributed by atoms with van der Waals surface area (Å²) in [6.45, 7) is 4.06. The molecule has 1 rings (SSSR count). The molecule has 0 fully saturated rings. The lowest BCUT2D eigenvalue weighted by atomic mass is 10.2. The van der Waals surface area contributed by atoms with Gasteiger partial charge in [-0.1, -0.05) is 5.16 Å². The van der Waals surface area contributed by atoms with Crippen LogP contribution in [0.25, 0.3) is 0 Å². The average Bonchev–Trinajstić information content (AvgIpc) is 2.46. The highest BCUT2D eigenvalue weighted by Crippen LogP contribution is 2.11. The summed E-state index contributed by atoms with van der Waals surface area (Å²) >= 11 is 0. The normalized spacial score (nSPS) is 10.7.